The van der Waals surface area contributed by atoms with Crippen molar-refractivity contribution in [1.82, 2.24) is 0 Å². The molecular weight excluding hydrogens is 290 g/mol. The molecule has 0 heterocycles. The Labute approximate surface area is 125 Å². The normalized spacial score (nSPS) is 12.0. The quantitative estimate of drug-likeness (QED) is 0.902. The lowest BCUT2D eigenvalue weighted by atomic mass is 9.93. The molecule has 1 aromatic rings. The maximum absolute atomic E-state index is 12.4. The fourth-order valence-electron chi connectivity index (χ4n) is 1.95. The molecule has 0 radical (unpaired) electrons. The maximum atomic E-state index is 12.4. The zero-order valence-corrected chi connectivity index (χ0v) is 13.4. The van der Waals surface area contributed by atoms with E-state index in [-0.39, 0.29) is 22.6 Å². The Balaban J connectivity index is 3.24. The van der Waals surface area contributed by atoms with Gasteiger partial charge >= 0.3 is 5.97 Å². The van der Waals surface area contributed by atoms with Crippen LogP contribution in [0, 0.1) is 30.6 Å². The van der Waals surface area contributed by atoms with Crippen LogP contribution in [0.1, 0.15) is 41.8 Å². The van der Waals surface area contributed by atoms with Crippen molar-refractivity contribution in [2.45, 2.75) is 39.0 Å². The van der Waals surface area contributed by atoms with Gasteiger partial charge in [0.2, 0.25) is 0 Å². The van der Waals surface area contributed by atoms with Gasteiger partial charge in [-0.15, -0.1) is 0 Å². The number of carboxylic acids is 1. The second-order valence-corrected chi connectivity index (χ2v) is 7.88. The standard InChI is InChI=1S/C15H19NO4S/c1-10-7-11(2)13(8-12(10)14(17)18)21(19,20)6-5-15(3,4)9-16/h7-8H,5-6H2,1-4H3,(H,17,18). The predicted molar refractivity (Wildman–Crippen MR) is 78.9 cm³/mol. The van der Waals surface area contributed by atoms with Crippen molar-refractivity contribution in [2.75, 3.05) is 5.75 Å². The minimum absolute atomic E-state index is 0.0151. The summed E-state index contributed by atoms with van der Waals surface area (Å²) in [4.78, 5) is 11.2. The maximum Gasteiger partial charge on any atom is 0.335 e. The molecule has 0 aromatic heterocycles. The van der Waals surface area contributed by atoms with Crippen LogP contribution in [0.3, 0.4) is 0 Å². The number of benzene rings is 1. The second kappa shape index (κ2) is 5.86. The van der Waals surface area contributed by atoms with Crippen molar-refractivity contribution in [3.05, 3.63) is 28.8 Å². The summed E-state index contributed by atoms with van der Waals surface area (Å²) in [5.41, 5.74) is 0.295. The van der Waals surface area contributed by atoms with Gasteiger partial charge in [0.25, 0.3) is 0 Å². The molecule has 0 bridgehead atoms. The number of carbonyl (C=O) groups is 1. The Morgan fingerprint density at radius 3 is 2.33 bits per heavy atom. The number of aromatic carboxylic acids is 1. The van der Waals surface area contributed by atoms with E-state index in [1.165, 1.54) is 6.07 Å². The highest BCUT2D eigenvalue weighted by Gasteiger charge is 2.25. The molecule has 0 saturated heterocycles. The third-order valence-corrected chi connectivity index (χ3v) is 5.24. The van der Waals surface area contributed by atoms with Crippen molar-refractivity contribution < 1.29 is 18.3 Å². The van der Waals surface area contributed by atoms with E-state index < -0.39 is 21.2 Å². The first kappa shape index (κ1) is 17.2. The molecule has 0 saturated carbocycles. The van der Waals surface area contributed by atoms with Crippen molar-refractivity contribution in [2.24, 2.45) is 5.41 Å². The highest BCUT2D eigenvalue weighted by atomic mass is 32.2. The molecule has 0 atom stereocenters. The summed E-state index contributed by atoms with van der Waals surface area (Å²) < 4.78 is 24.8. The molecule has 5 nitrogen and oxygen atoms in total. The molecule has 1 aromatic carbocycles. The molecule has 0 aliphatic rings. The van der Waals surface area contributed by atoms with Gasteiger partial charge in [0.15, 0.2) is 9.84 Å². The van der Waals surface area contributed by atoms with E-state index in [0.717, 1.165) is 0 Å². The highest BCUT2D eigenvalue weighted by Crippen LogP contribution is 2.26. The van der Waals surface area contributed by atoms with Crippen LogP contribution >= 0.6 is 0 Å². The van der Waals surface area contributed by atoms with Crippen LogP contribution in [0.2, 0.25) is 0 Å². The largest absolute Gasteiger partial charge is 0.478 e. The van der Waals surface area contributed by atoms with Gasteiger partial charge in [-0.2, -0.15) is 5.26 Å². The molecule has 0 amide bonds. The Bertz CT molecular complexity index is 712. The van der Waals surface area contributed by atoms with E-state index in [2.05, 4.69) is 6.07 Å². The summed E-state index contributed by atoms with van der Waals surface area (Å²) in [6.07, 6.45) is 0.196. The number of rotatable bonds is 5. The Morgan fingerprint density at radius 1 is 1.29 bits per heavy atom. The smallest absolute Gasteiger partial charge is 0.335 e. The number of aryl methyl sites for hydroxylation is 2. The lowest BCUT2D eigenvalue weighted by Gasteiger charge is -2.16. The Hall–Kier alpha value is -1.87. The first-order valence-corrected chi connectivity index (χ1v) is 8.14. The zero-order valence-electron chi connectivity index (χ0n) is 12.6. The van der Waals surface area contributed by atoms with Crippen molar-refractivity contribution >= 4 is 15.8 Å². The molecule has 6 heteroatoms. The molecule has 0 spiro atoms. The van der Waals surface area contributed by atoms with E-state index in [0.29, 0.717) is 11.1 Å². The molecule has 0 fully saturated rings. The van der Waals surface area contributed by atoms with Crippen LogP contribution < -0.4 is 0 Å². The predicted octanol–water partition coefficient (Wildman–Crippen LogP) is 2.72. The number of nitrogens with zero attached hydrogens (tertiary/aromatic N) is 1. The van der Waals surface area contributed by atoms with Crippen LogP contribution in [-0.4, -0.2) is 25.2 Å². The van der Waals surface area contributed by atoms with Gasteiger partial charge in [0.05, 0.1) is 27.7 Å². The monoisotopic (exact) mass is 309 g/mol. The summed E-state index contributed by atoms with van der Waals surface area (Å²) in [6.45, 7) is 6.62. The van der Waals surface area contributed by atoms with Crippen LogP contribution in [0.5, 0.6) is 0 Å². The lowest BCUT2D eigenvalue weighted by Crippen LogP contribution is -2.17. The molecule has 0 aliphatic carbocycles. The molecule has 21 heavy (non-hydrogen) atoms. The molecule has 1 rings (SSSR count). The molecular formula is C15H19NO4S. The molecule has 1 N–H and O–H groups in total. The first-order chi connectivity index (χ1) is 9.50. The van der Waals surface area contributed by atoms with Crippen LogP contribution in [0.25, 0.3) is 0 Å². The average Bonchev–Trinajstić information content (AvgIpc) is 2.36. The Kier molecular flexibility index (Phi) is 4.79. The highest BCUT2D eigenvalue weighted by molar-refractivity contribution is 7.91. The third-order valence-electron chi connectivity index (χ3n) is 3.39. The average molecular weight is 309 g/mol. The van der Waals surface area contributed by atoms with Crippen LogP contribution in [0.15, 0.2) is 17.0 Å². The minimum atomic E-state index is -3.62. The number of hydrogen-bond donors (Lipinski definition) is 1. The van der Waals surface area contributed by atoms with Crippen LogP contribution in [-0.2, 0) is 9.84 Å². The SMILES string of the molecule is Cc1cc(C)c(S(=O)(=O)CCC(C)(C)C#N)cc1C(=O)O. The summed E-state index contributed by atoms with van der Waals surface area (Å²) in [5.74, 6) is -1.34. The van der Waals surface area contributed by atoms with E-state index >= 15 is 0 Å². The number of sulfone groups is 1. The van der Waals surface area contributed by atoms with E-state index in [4.69, 9.17) is 10.4 Å². The van der Waals surface area contributed by atoms with Gasteiger partial charge in [-0.05, 0) is 51.3 Å². The molecule has 0 aliphatic heterocycles. The fraction of sp³-hybridized carbons (Fsp3) is 0.467. The van der Waals surface area contributed by atoms with Gasteiger partial charge in [0, 0.05) is 0 Å². The second-order valence-electron chi connectivity index (χ2n) is 5.80. The van der Waals surface area contributed by atoms with Gasteiger partial charge < -0.3 is 5.11 Å². The number of hydrogen-bond acceptors (Lipinski definition) is 4. The van der Waals surface area contributed by atoms with Gasteiger partial charge in [0.1, 0.15) is 0 Å². The zero-order chi connectivity index (χ0) is 16.4. The van der Waals surface area contributed by atoms with E-state index in [1.54, 1.807) is 33.8 Å². The van der Waals surface area contributed by atoms with Gasteiger partial charge in [-0.1, -0.05) is 6.07 Å². The molecule has 114 valence electrons. The number of nitriles is 1. The van der Waals surface area contributed by atoms with Crippen molar-refractivity contribution in [3.8, 4) is 6.07 Å². The summed E-state index contributed by atoms with van der Waals surface area (Å²) in [7, 11) is -3.62. The fourth-order valence-corrected chi connectivity index (χ4v) is 3.80. The van der Waals surface area contributed by atoms with Gasteiger partial charge in [-0.3, -0.25) is 0 Å². The molecule has 0 unspecified atom stereocenters. The van der Waals surface area contributed by atoms with Gasteiger partial charge in [-0.25, -0.2) is 13.2 Å². The van der Waals surface area contributed by atoms with E-state index in [9.17, 15) is 13.2 Å². The van der Waals surface area contributed by atoms with E-state index in [1.807, 2.05) is 0 Å². The Morgan fingerprint density at radius 2 is 1.86 bits per heavy atom. The topological polar surface area (TPSA) is 95.2 Å². The minimum Gasteiger partial charge on any atom is -0.478 e. The summed E-state index contributed by atoms with van der Waals surface area (Å²) in [5, 5.41) is 18.1. The van der Waals surface area contributed by atoms with Crippen molar-refractivity contribution in [1.29, 1.82) is 5.26 Å². The first-order valence-electron chi connectivity index (χ1n) is 6.49. The van der Waals surface area contributed by atoms with Crippen LogP contribution in [0.4, 0.5) is 0 Å². The lowest BCUT2D eigenvalue weighted by molar-refractivity contribution is 0.0696. The summed E-state index contributed by atoms with van der Waals surface area (Å²) >= 11 is 0. The van der Waals surface area contributed by atoms with Crippen molar-refractivity contribution in [3.63, 3.8) is 0 Å². The number of carboxylic acid groups (broad SMARTS) is 1. The third kappa shape index (κ3) is 4.05. The summed E-state index contributed by atoms with van der Waals surface area (Å²) in [6, 6.07) is 4.83.